The molecule has 0 aliphatic carbocycles. The molecule has 4 N–H and O–H groups in total. The Morgan fingerprint density at radius 2 is 2.17 bits per heavy atom. The molecule has 0 spiro atoms. The molecule has 0 saturated heterocycles. The van der Waals surface area contributed by atoms with E-state index < -0.39 is 11.4 Å². The molecule has 1 aromatic heterocycles. The first-order valence-corrected chi connectivity index (χ1v) is 5.53. The second kappa shape index (κ2) is 3.97. The van der Waals surface area contributed by atoms with Gasteiger partial charge in [0.15, 0.2) is 0 Å². The molecular formula is C12H15FN4O. The molecule has 6 heteroatoms. The van der Waals surface area contributed by atoms with Crippen molar-refractivity contribution in [3.63, 3.8) is 0 Å². The summed E-state index contributed by atoms with van der Waals surface area (Å²) in [7, 11) is 0. The largest absolute Gasteiger partial charge is 0.370 e. The molecule has 5 nitrogen and oxygen atoms in total. The number of carbonyl (C=O) groups excluding carboxylic acids is 1. The van der Waals surface area contributed by atoms with E-state index in [1.807, 2.05) is 0 Å². The van der Waals surface area contributed by atoms with E-state index in [2.05, 4.69) is 4.98 Å². The number of nitrogens with zero attached hydrogens (tertiary/aromatic N) is 2. The lowest BCUT2D eigenvalue weighted by Crippen LogP contribution is -2.33. The SMILES string of the molecule is CC(C)(CC(N)=O)n1c(N)nc2ccc(F)cc21. The fourth-order valence-corrected chi connectivity index (χ4v) is 2.21. The molecule has 0 aliphatic rings. The molecule has 2 rings (SSSR count). The number of primary amides is 1. The number of hydrogen-bond donors (Lipinski definition) is 2. The third-order valence-electron chi connectivity index (χ3n) is 2.85. The van der Waals surface area contributed by atoms with E-state index in [4.69, 9.17) is 11.5 Å². The molecule has 0 radical (unpaired) electrons. The van der Waals surface area contributed by atoms with Crippen LogP contribution in [0.2, 0.25) is 0 Å². The Hall–Kier alpha value is -2.11. The van der Waals surface area contributed by atoms with Crippen molar-refractivity contribution in [1.29, 1.82) is 0 Å². The standard InChI is InChI=1S/C12H15FN4O/c1-12(2,6-10(14)18)17-9-5-7(13)3-4-8(9)16-11(17)15/h3-5H,6H2,1-2H3,(H2,14,18)(H2,15,16). The zero-order valence-electron chi connectivity index (χ0n) is 10.3. The monoisotopic (exact) mass is 250 g/mol. The van der Waals surface area contributed by atoms with Gasteiger partial charge in [0.2, 0.25) is 11.9 Å². The predicted octanol–water partition coefficient (Wildman–Crippen LogP) is 1.37. The quantitative estimate of drug-likeness (QED) is 0.862. The molecule has 0 saturated carbocycles. The van der Waals surface area contributed by atoms with E-state index in [0.717, 1.165) is 0 Å². The van der Waals surface area contributed by atoms with Crippen LogP contribution in [0, 0.1) is 5.82 Å². The number of benzene rings is 1. The second-order valence-electron chi connectivity index (χ2n) is 4.89. The number of nitrogens with two attached hydrogens (primary N) is 2. The lowest BCUT2D eigenvalue weighted by atomic mass is 9.99. The number of anilines is 1. The van der Waals surface area contributed by atoms with Crippen LogP contribution in [0.4, 0.5) is 10.3 Å². The molecule has 1 heterocycles. The molecule has 2 aromatic rings. The van der Waals surface area contributed by atoms with Crippen LogP contribution >= 0.6 is 0 Å². The number of aromatic nitrogens is 2. The van der Waals surface area contributed by atoms with Gasteiger partial charge in [-0.2, -0.15) is 0 Å². The lowest BCUT2D eigenvalue weighted by molar-refractivity contribution is -0.119. The minimum absolute atomic E-state index is 0.0964. The van der Waals surface area contributed by atoms with Gasteiger partial charge in [0.1, 0.15) is 5.82 Å². The summed E-state index contributed by atoms with van der Waals surface area (Å²) in [6, 6.07) is 4.22. The van der Waals surface area contributed by atoms with Crippen molar-refractivity contribution < 1.29 is 9.18 Å². The fraction of sp³-hybridized carbons (Fsp3) is 0.333. The normalized spacial score (nSPS) is 11.9. The minimum atomic E-state index is -0.654. The van der Waals surface area contributed by atoms with Crippen molar-refractivity contribution >= 4 is 22.9 Å². The van der Waals surface area contributed by atoms with Crippen LogP contribution in [0.15, 0.2) is 18.2 Å². The number of halogens is 1. The van der Waals surface area contributed by atoms with Crippen LogP contribution in [-0.4, -0.2) is 15.5 Å². The Kier molecular flexibility index (Phi) is 2.73. The maximum Gasteiger partial charge on any atom is 0.219 e. The van der Waals surface area contributed by atoms with Crippen molar-refractivity contribution in [2.75, 3.05) is 5.73 Å². The highest BCUT2D eigenvalue weighted by Crippen LogP contribution is 2.29. The number of hydrogen-bond acceptors (Lipinski definition) is 3. The van der Waals surface area contributed by atoms with E-state index in [9.17, 15) is 9.18 Å². The fourth-order valence-electron chi connectivity index (χ4n) is 2.21. The summed E-state index contributed by atoms with van der Waals surface area (Å²) in [5.74, 6) is -0.585. The van der Waals surface area contributed by atoms with Gasteiger partial charge in [-0.15, -0.1) is 0 Å². The van der Waals surface area contributed by atoms with Gasteiger partial charge in [-0.3, -0.25) is 4.79 Å². The van der Waals surface area contributed by atoms with E-state index >= 15 is 0 Å². The van der Waals surface area contributed by atoms with Crippen molar-refractivity contribution in [2.24, 2.45) is 5.73 Å². The Labute approximate surface area is 104 Å². The van der Waals surface area contributed by atoms with Crippen LogP contribution in [0.1, 0.15) is 20.3 Å². The summed E-state index contributed by atoms with van der Waals surface area (Å²) in [6.45, 7) is 3.61. The zero-order chi connectivity index (χ0) is 13.5. The summed E-state index contributed by atoms with van der Waals surface area (Å²) in [5.41, 5.74) is 11.6. The summed E-state index contributed by atoms with van der Waals surface area (Å²) in [6.07, 6.45) is 0.0964. The highest BCUT2D eigenvalue weighted by atomic mass is 19.1. The predicted molar refractivity (Wildman–Crippen MR) is 67.2 cm³/mol. The van der Waals surface area contributed by atoms with Crippen molar-refractivity contribution in [1.82, 2.24) is 9.55 Å². The molecule has 0 bridgehead atoms. The summed E-state index contributed by atoms with van der Waals surface area (Å²) < 4.78 is 14.9. The molecule has 96 valence electrons. The zero-order valence-corrected chi connectivity index (χ0v) is 10.3. The molecular weight excluding hydrogens is 235 g/mol. The highest BCUT2D eigenvalue weighted by molar-refractivity contribution is 5.80. The minimum Gasteiger partial charge on any atom is -0.370 e. The molecule has 0 aliphatic heterocycles. The van der Waals surface area contributed by atoms with E-state index in [-0.39, 0.29) is 18.2 Å². The number of nitrogen functional groups attached to an aromatic ring is 1. The summed E-state index contributed by atoms with van der Waals surface area (Å²) >= 11 is 0. The van der Waals surface area contributed by atoms with E-state index in [1.54, 1.807) is 24.5 Å². The van der Waals surface area contributed by atoms with Gasteiger partial charge in [-0.05, 0) is 32.0 Å². The van der Waals surface area contributed by atoms with Crippen molar-refractivity contribution in [3.05, 3.63) is 24.0 Å². The number of imidazole rings is 1. The van der Waals surface area contributed by atoms with Crippen LogP contribution in [-0.2, 0) is 10.3 Å². The Morgan fingerprint density at radius 3 is 2.78 bits per heavy atom. The van der Waals surface area contributed by atoms with Crippen molar-refractivity contribution in [3.8, 4) is 0 Å². The van der Waals surface area contributed by atoms with Crippen LogP contribution < -0.4 is 11.5 Å². The highest BCUT2D eigenvalue weighted by Gasteiger charge is 2.27. The van der Waals surface area contributed by atoms with E-state index in [0.29, 0.717) is 11.0 Å². The Balaban J connectivity index is 2.65. The first-order chi connectivity index (χ1) is 8.31. The first kappa shape index (κ1) is 12.3. The third kappa shape index (κ3) is 2.01. The summed E-state index contributed by atoms with van der Waals surface area (Å²) in [5, 5.41) is 0. The smallest absolute Gasteiger partial charge is 0.219 e. The second-order valence-corrected chi connectivity index (χ2v) is 4.89. The van der Waals surface area contributed by atoms with Gasteiger partial charge in [0.25, 0.3) is 0 Å². The van der Waals surface area contributed by atoms with Crippen LogP contribution in [0.3, 0.4) is 0 Å². The molecule has 0 atom stereocenters. The van der Waals surface area contributed by atoms with Crippen LogP contribution in [0.5, 0.6) is 0 Å². The number of amides is 1. The number of fused-ring (bicyclic) bond motifs is 1. The number of rotatable bonds is 3. The van der Waals surface area contributed by atoms with Crippen molar-refractivity contribution in [2.45, 2.75) is 25.8 Å². The van der Waals surface area contributed by atoms with Gasteiger partial charge in [0.05, 0.1) is 16.6 Å². The lowest BCUT2D eigenvalue weighted by Gasteiger charge is -2.27. The van der Waals surface area contributed by atoms with Gasteiger partial charge >= 0.3 is 0 Å². The topological polar surface area (TPSA) is 86.9 Å². The molecule has 18 heavy (non-hydrogen) atoms. The van der Waals surface area contributed by atoms with Gasteiger partial charge in [-0.25, -0.2) is 9.37 Å². The first-order valence-electron chi connectivity index (χ1n) is 5.53. The molecule has 0 fully saturated rings. The molecule has 0 unspecified atom stereocenters. The summed E-state index contributed by atoms with van der Waals surface area (Å²) in [4.78, 5) is 15.2. The Bertz CT molecular complexity index is 618. The third-order valence-corrected chi connectivity index (χ3v) is 2.85. The van der Waals surface area contributed by atoms with Gasteiger partial charge < -0.3 is 16.0 Å². The molecule has 1 aromatic carbocycles. The van der Waals surface area contributed by atoms with Gasteiger partial charge in [0, 0.05) is 6.42 Å². The molecule has 1 amide bonds. The average molecular weight is 250 g/mol. The maximum atomic E-state index is 13.3. The number of carbonyl (C=O) groups is 1. The van der Waals surface area contributed by atoms with Gasteiger partial charge in [-0.1, -0.05) is 0 Å². The van der Waals surface area contributed by atoms with E-state index in [1.165, 1.54) is 12.1 Å². The Morgan fingerprint density at radius 1 is 1.50 bits per heavy atom. The van der Waals surface area contributed by atoms with Crippen LogP contribution in [0.25, 0.3) is 11.0 Å². The average Bonchev–Trinajstić information content (AvgIpc) is 2.51. The maximum absolute atomic E-state index is 13.3.